The van der Waals surface area contributed by atoms with E-state index in [9.17, 15) is 9.90 Å². The van der Waals surface area contributed by atoms with E-state index in [0.717, 1.165) is 11.3 Å². The fourth-order valence-electron chi connectivity index (χ4n) is 2.10. The molecular formula is C14H19N3O2. The van der Waals surface area contributed by atoms with Crippen LogP contribution in [0.4, 0.5) is 0 Å². The number of aliphatic carboxylic acids is 1. The Morgan fingerprint density at radius 3 is 2.79 bits per heavy atom. The van der Waals surface area contributed by atoms with Gasteiger partial charge in [0.15, 0.2) is 0 Å². The van der Waals surface area contributed by atoms with Crippen LogP contribution in [0.25, 0.3) is 5.65 Å². The first-order chi connectivity index (χ1) is 8.95. The molecule has 0 saturated carbocycles. The summed E-state index contributed by atoms with van der Waals surface area (Å²) in [5.41, 5.74) is 0.855. The predicted octanol–water partition coefficient (Wildman–Crippen LogP) is 2.02. The second-order valence-corrected chi connectivity index (χ2v) is 5.08. The van der Waals surface area contributed by atoms with Gasteiger partial charge >= 0.3 is 5.97 Å². The molecule has 0 unspecified atom stereocenters. The van der Waals surface area contributed by atoms with Crippen molar-refractivity contribution in [3.8, 4) is 0 Å². The monoisotopic (exact) mass is 261 g/mol. The van der Waals surface area contributed by atoms with E-state index in [4.69, 9.17) is 0 Å². The molecule has 1 N–H and O–H groups in total. The molecule has 5 heteroatoms. The predicted molar refractivity (Wildman–Crippen MR) is 73.0 cm³/mol. The number of hydrogen-bond donors (Lipinski definition) is 1. The van der Waals surface area contributed by atoms with Crippen LogP contribution in [0.15, 0.2) is 30.6 Å². The summed E-state index contributed by atoms with van der Waals surface area (Å²) in [4.78, 5) is 17.7. The third-order valence-corrected chi connectivity index (χ3v) is 3.46. The summed E-state index contributed by atoms with van der Waals surface area (Å²) in [6, 6.07) is 5.81. The molecule has 0 bridgehead atoms. The minimum absolute atomic E-state index is 0.525. The standard InChI is InChI=1S/C14H19N3O2/c1-4-17(14(2,3)13(18)19)10-11-9-16-8-6-5-7-12(16)15-11/h5-9H,4,10H2,1-3H3,(H,18,19). The average molecular weight is 261 g/mol. The number of likely N-dealkylation sites (N-methyl/N-ethyl adjacent to an activating group) is 1. The van der Waals surface area contributed by atoms with Crippen molar-refractivity contribution in [3.63, 3.8) is 0 Å². The third-order valence-electron chi connectivity index (χ3n) is 3.46. The summed E-state index contributed by atoms with van der Waals surface area (Å²) < 4.78 is 1.94. The number of carboxylic acid groups (broad SMARTS) is 1. The smallest absolute Gasteiger partial charge is 0.323 e. The molecule has 5 nitrogen and oxygen atoms in total. The van der Waals surface area contributed by atoms with E-state index in [1.807, 2.05) is 46.8 Å². The molecule has 2 rings (SSSR count). The molecule has 2 aromatic heterocycles. The highest BCUT2D eigenvalue weighted by Crippen LogP contribution is 2.18. The van der Waals surface area contributed by atoms with E-state index in [1.165, 1.54) is 0 Å². The first-order valence-corrected chi connectivity index (χ1v) is 6.36. The lowest BCUT2D eigenvalue weighted by atomic mass is 10.0. The summed E-state index contributed by atoms with van der Waals surface area (Å²) in [5, 5.41) is 9.29. The van der Waals surface area contributed by atoms with E-state index >= 15 is 0 Å². The largest absolute Gasteiger partial charge is 0.480 e. The molecule has 0 aliphatic heterocycles. The maximum absolute atomic E-state index is 11.3. The van der Waals surface area contributed by atoms with E-state index < -0.39 is 11.5 Å². The van der Waals surface area contributed by atoms with Crippen LogP contribution in [-0.2, 0) is 11.3 Å². The van der Waals surface area contributed by atoms with Gasteiger partial charge in [0.05, 0.1) is 5.69 Å². The zero-order valence-corrected chi connectivity index (χ0v) is 11.5. The summed E-state index contributed by atoms with van der Waals surface area (Å²) in [6.45, 7) is 6.58. The van der Waals surface area contributed by atoms with Gasteiger partial charge in [-0.3, -0.25) is 9.69 Å². The van der Waals surface area contributed by atoms with Crippen molar-refractivity contribution >= 4 is 11.6 Å². The molecule has 0 fully saturated rings. The molecule has 19 heavy (non-hydrogen) atoms. The Balaban J connectivity index is 2.25. The van der Waals surface area contributed by atoms with Gasteiger partial charge < -0.3 is 9.51 Å². The van der Waals surface area contributed by atoms with Crippen LogP contribution >= 0.6 is 0 Å². The fourth-order valence-corrected chi connectivity index (χ4v) is 2.10. The highest BCUT2D eigenvalue weighted by molar-refractivity contribution is 5.77. The minimum Gasteiger partial charge on any atom is -0.480 e. The van der Waals surface area contributed by atoms with Crippen LogP contribution in [0, 0.1) is 0 Å². The molecular weight excluding hydrogens is 242 g/mol. The van der Waals surface area contributed by atoms with Gasteiger partial charge in [0, 0.05) is 18.9 Å². The Bertz CT molecular complexity index is 556. The molecule has 0 atom stereocenters. The van der Waals surface area contributed by atoms with Crippen molar-refractivity contribution in [3.05, 3.63) is 36.3 Å². The van der Waals surface area contributed by atoms with Gasteiger partial charge in [-0.2, -0.15) is 0 Å². The molecule has 2 aromatic rings. The fraction of sp³-hybridized carbons (Fsp3) is 0.429. The lowest BCUT2D eigenvalue weighted by molar-refractivity contribution is -0.149. The van der Waals surface area contributed by atoms with E-state index in [0.29, 0.717) is 13.1 Å². The Morgan fingerprint density at radius 2 is 2.21 bits per heavy atom. The van der Waals surface area contributed by atoms with Crippen LogP contribution in [-0.4, -0.2) is 37.4 Å². The number of pyridine rings is 1. The van der Waals surface area contributed by atoms with Gasteiger partial charge in [-0.1, -0.05) is 13.0 Å². The lowest BCUT2D eigenvalue weighted by Crippen LogP contribution is -2.49. The zero-order valence-electron chi connectivity index (χ0n) is 11.5. The first-order valence-electron chi connectivity index (χ1n) is 6.36. The van der Waals surface area contributed by atoms with E-state index in [-0.39, 0.29) is 0 Å². The normalized spacial score (nSPS) is 12.2. The molecule has 0 spiro atoms. The first kappa shape index (κ1) is 13.5. The minimum atomic E-state index is -0.898. The van der Waals surface area contributed by atoms with Gasteiger partial charge in [0.25, 0.3) is 0 Å². The molecule has 102 valence electrons. The van der Waals surface area contributed by atoms with Crippen LogP contribution in [0.1, 0.15) is 26.5 Å². The molecule has 0 aliphatic rings. The quantitative estimate of drug-likeness (QED) is 0.894. The van der Waals surface area contributed by atoms with Crippen molar-refractivity contribution in [1.82, 2.24) is 14.3 Å². The summed E-state index contributed by atoms with van der Waals surface area (Å²) in [5.74, 6) is -0.821. The van der Waals surface area contributed by atoms with Crippen molar-refractivity contribution in [2.24, 2.45) is 0 Å². The van der Waals surface area contributed by atoms with E-state index in [2.05, 4.69) is 4.98 Å². The number of hydrogen-bond acceptors (Lipinski definition) is 3. The van der Waals surface area contributed by atoms with Crippen LogP contribution in [0.3, 0.4) is 0 Å². The van der Waals surface area contributed by atoms with Crippen LogP contribution in [0.2, 0.25) is 0 Å². The van der Waals surface area contributed by atoms with Crippen LogP contribution in [0.5, 0.6) is 0 Å². The maximum atomic E-state index is 11.3. The maximum Gasteiger partial charge on any atom is 0.323 e. The highest BCUT2D eigenvalue weighted by atomic mass is 16.4. The second-order valence-electron chi connectivity index (χ2n) is 5.08. The number of imidazole rings is 1. The van der Waals surface area contributed by atoms with Gasteiger partial charge in [0.1, 0.15) is 11.2 Å². The molecule has 0 aromatic carbocycles. The zero-order chi connectivity index (χ0) is 14.0. The average Bonchev–Trinajstić information content (AvgIpc) is 2.77. The summed E-state index contributed by atoms with van der Waals surface area (Å²) in [7, 11) is 0. The summed E-state index contributed by atoms with van der Waals surface area (Å²) in [6.07, 6.45) is 3.88. The Hall–Kier alpha value is -1.88. The molecule has 0 amide bonds. The number of rotatable bonds is 5. The molecule has 0 aliphatic carbocycles. The molecule has 0 radical (unpaired) electrons. The molecule has 2 heterocycles. The van der Waals surface area contributed by atoms with Crippen molar-refractivity contribution in [2.75, 3.05) is 6.54 Å². The van der Waals surface area contributed by atoms with Gasteiger partial charge in [-0.25, -0.2) is 4.98 Å². The number of aromatic nitrogens is 2. The second kappa shape index (κ2) is 5.01. The van der Waals surface area contributed by atoms with E-state index in [1.54, 1.807) is 13.8 Å². The third kappa shape index (κ3) is 2.61. The Kier molecular flexibility index (Phi) is 3.57. The Morgan fingerprint density at radius 1 is 1.47 bits per heavy atom. The highest BCUT2D eigenvalue weighted by Gasteiger charge is 2.33. The number of carboxylic acids is 1. The SMILES string of the molecule is CCN(Cc1cn2ccccc2n1)C(C)(C)C(=O)O. The van der Waals surface area contributed by atoms with Gasteiger partial charge in [0.2, 0.25) is 0 Å². The van der Waals surface area contributed by atoms with Crippen LogP contribution < -0.4 is 0 Å². The Labute approximate surface area is 112 Å². The van der Waals surface area contributed by atoms with Gasteiger partial charge in [-0.15, -0.1) is 0 Å². The van der Waals surface area contributed by atoms with Gasteiger partial charge in [-0.05, 0) is 32.5 Å². The lowest BCUT2D eigenvalue weighted by Gasteiger charge is -2.33. The van der Waals surface area contributed by atoms with Crippen molar-refractivity contribution in [1.29, 1.82) is 0 Å². The van der Waals surface area contributed by atoms with Crippen molar-refractivity contribution < 1.29 is 9.90 Å². The number of carbonyl (C=O) groups is 1. The number of fused-ring (bicyclic) bond motifs is 1. The number of nitrogens with zero attached hydrogens (tertiary/aromatic N) is 3. The topological polar surface area (TPSA) is 57.8 Å². The van der Waals surface area contributed by atoms with Crippen molar-refractivity contribution in [2.45, 2.75) is 32.9 Å². The summed E-state index contributed by atoms with van der Waals surface area (Å²) >= 11 is 0. The molecule has 0 saturated heterocycles.